The summed E-state index contributed by atoms with van der Waals surface area (Å²) in [5.74, 6) is 0. The molecule has 4 nitrogen and oxygen atoms in total. The molecule has 74 valence electrons. The van der Waals surface area contributed by atoms with Crippen molar-refractivity contribution in [3.05, 3.63) is 17.5 Å². The SMILES string of the molecule is CCONCc1cc(C)nn1CC. The monoisotopic (exact) mass is 183 g/mol. The van der Waals surface area contributed by atoms with E-state index in [0.29, 0.717) is 13.2 Å². The van der Waals surface area contributed by atoms with Gasteiger partial charge in [0.05, 0.1) is 24.5 Å². The molecule has 1 N–H and O–H groups in total. The second-order valence-electron chi connectivity index (χ2n) is 2.85. The van der Waals surface area contributed by atoms with Crippen LogP contribution in [0.3, 0.4) is 0 Å². The number of rotatable bonds is 5. The van der Waals surface area contributed by atoms with E-state index < -0.39 is 0 Å². The van der Waals surface area contributed by atoms with Gasteiger partial charge in [-0.25, -0.2) is 0 Å². The fraction of sp³-hybridized carbons (Fsp3) is 0.667. The van der Waals surface area contributed by atoms with Gasteiger partial charge in [-0.2, -0.15) is 10.6 Å². The Hall–Kier alpha value is -0.870. The van der Waals surface area contributed by atoms with Gasteiger partial charge in [0.15, 0.2) is 0 Å². The van der Waals surface area contributed by atoms with Gasteiger partial charge in [0.1, 0.15) is 0 Å². The van der Waals surface area contributed by atoms with E-state index in [0.717, 1.165) is 17.9 Å². The first-order valence-electron chi connectivity index (χ1n) is 4.65. The Morgan fingerprint density at radius 2 is 2.31 bits per heavy atom. The highest BCUT2D eigenvalue weighted by Gasteiger charge is 2.02. The maximum Gasteiger partial charge on any atom is 0.0654 e. The molecule has 1 aromatic heterocycles. The molecule has 0 aliphatic carbocycles. The van der Waals surface area contributed by atoms with Crippen LogP contribution in [0, 0.1) is 6.92 Å². The fourth-order valence-electron chi connectivity index (χ4n) is 1.24. The third-order valence-corrected chi connectivity index (χ3v) is 1.78. The molecule has 1 aromatic rings. The van der Waals surface area contributed by atoms with E-state index >= 15 is 0 Å². The predicted octanol–water partition coefficient (Wildman–Crippen LogP) is 1.25. The summed E-state index contributed by atoms with van der Waals surface area (Å²) >= 11 is 0. The van der Waals surface area contributed by atoms with Crippen molar-refractivity contribution in [2.45, 2.75) is 33.9 Å². The van der Waals surface area contributed by atoms with Crippen LogP contribution in [-0.4, -0.2) is 16.4 Å². The lowest BCUT2D eigenvalue weighted by atomic mass is 10.4. The van der Waals surface area contributed by atoms with E-state index in [9.17, 15) is 0 Å². The van der Waals surface area contributed by atoms with Gasteiger partial charge in [-0.3, -0.25) is 4.68 Å². The van der Waals surface area contributed by atoms with E-state index in [1.807, 2.05) is 18.5 Å². The van der Waals surface area contributed by atoms with Gasteiger partial charge in [0.25, 0.3) is 0 Å². The van der Waals surface area contributed by atoms with Gasteiger partial charge >= 0.3 is 0 Å². The Kier molecular flexibility index (Phi) is 3.92. The summed E-state index contributed by atoms with van der Waals surface area (Å²) in [6, 6.07) is 2.06. The lowest BCUT2D eigenvalue weighted by Crippen LogP contribution is -2.16. The standard InChI is InChI=1S/C9H17N3O/c1-4-12-9(6-8(3)11-12)7-10-13-5-2/h6,10H,4-5,7H2,1-3H3. The topological polar surface area (TPSA) is 39.1 Å². The molecule has 0 radical (unpaired) electrons. The molecule has 0 bridgehead atoms. The first kappa shape index (κ1) is 10.2. The Bertz CT molecular complexity index is 257. The molecule has 0 atom stereocenters. The predicted molar refractivity (Wildman–Crippen MR) is 51.1 cm³/mol. The minimum absolute atomic E-state index is 0.680. The number of aromatic nitrogens is 2. The summed E-state index contributed by atoms with van der Waals surface area (Å²) in [4.78, 5) is 5.06. The zero-order valence-electron chi connectivity index (χ0n) is 8.50. The molecular formula is C9H17N3O. The molecule has 0 aliphatic rings. The Labute approximate surface area is 78.8 Å². The molecule has 0 saturated carbocycles. The second-order valence-corrected chi connectivity index (χ2v) is 2.85. The number of hydrogen-bond acceptors (Lipinski definition) is 3. The third kappa shape index (κ3) is 2.82. The van der Waals surface area contributed by atoms with Gasteiger partial charge in [-0.05, 0) is 26.8 Å². The molecule has 0 amide bonds. The molecule has 0 unspecified atom stereocenters. The summed E-state index contributed by atoms with van der Waals surface area (Å²) in [6.07, 6.45) is 0. The zero-order valence-corrected chi connectivity index (χ0v) is 8.50. The van der Waals surface area contributed by atoms with Crippen molar-refractivity contribution in [1.29, 1.82) is 0 Å². The summed E-state index contributed by atoms with van der Waals surface area (Å²) in [7, 11) is 0. The molecule has 0 aliphatic heterocycles. The van der Waals surface area contributed by atoms with E-state index in [4.69, 9.17) is 4.84 Å². The third-order valence-electron chi connectivity index (χ3n) is 1.78. The van der Waals surface area contributed by atoms with Crippen LogP contribution in [0.1, 0.15) is 25.2 Å². The molecule has 13 heavy (non-hydrogen) atoms. The molecule has 1 rings (SSSR count). The highest BCUT2D eigenvalue weighted by atomic mass is 16.6. The number of hydroxylamine groups is 1. The first-order chi connectivity index (χ1) is 6.27. The van der Waals surface area contributed by atoms with Crippen LogP contribution < -0.4 is 5.48 Å². The van der Waals surface area contributed by atoms with E-state index in [2.05, 4.69) is 23.6 Å². The maximum atomic E-state index is 5.06. The van der Waals surface area contributed by atoms with Gasteiger partial charge in [0, 0.05) is 6.54 Å². The molecule has 1 heterocycles. The minimum atomic E-state index is 0.680. The van der Waals surface area contributed by atoms with Crippen molar-refractivity contribution in [3.8, 4) is 0 Å². The summed E-state index contributed by atoms with van der Waals surface area (Å²) in [5.41, 5.74) is 5.09. The highest BCUT2D eigenvalue weighted by Crippen LogP contribution is 2.02. The highest BCUT2D eigenvalue weighted by molar-refractivity contribution is 5.08. The largest absolute Gasteiger partial charge is 0.302 e. The molecular weight excluding hydrogens is 166 g/mol. The average Bonchev–Trinajstić information content (AvgIpc) is 2.47. The van der Waals surface area contributed by atoms with Gasteiger partial charge in [-0.15, -0.1) is 0 Å². The number of aryl methyl sites for hydroxylation is 2. The van der Waals surface area contributed by atoms with Crippen LogP contribution in [0.5, 0.6) is 0 Å². The minimum Gasteiger partial charge on any atom is -0.302 e. The molecule has 0 spiro atoms. The van der Waals surface area contributed by atoms with Crippen LogP contribution in [-0.2, 0) is 17.9 Å². The van der Waals surface area contributed by atoms with Crippen LogP contribution in [0.4, 0.5) is 0 Å². The van der Waals surface area contributed by atoms with E-state index in [1.54, 1.807) is 0 Å². The van der Waals surface area contributed by atoms with Crippen molar-refractivity contribution in [2.24, 2.45) is 0 Å². The van der Waals surface area contributed by atoms with Crippen molar-refractivity contribution in [3.63, 3.8) is 0 Å². The Balaban J connectivity index is 2.53. The lowest BCUT2D eigenvalue weighted by Gasteiger charge is -2.05. The van der Waals surface area contributed by atoms with Crippen LogP contribution in [0.25, 0.3) is 0 Å². The molecule has 0 aromatic carbocycles. The van der Waals surface area contributed by atoms with E-state index in [-0.39, 0.29) is 0 Å². The Morgan fingerprint density at radius 1 is 1.54 bits per heavy atom. The van der Waals surface area contributed by atoms with Crippen LogP contribution >= 0.6 is 0 Å². The van der Waals surface area contributed by atoms with E-state index in [1.165, 1.54) is 0 Å². The molecule has 4 heteroatoms. The maximum absolute atomic E-state index is 5.06. The van der Waals surface area contributed by atoms with Gasteiger partial charge in [0.2, 0.25) is 0 Å². The van der Waals surface area contributed by atoms with Crippen molar-refractivity contribution >= 4 is 0 Å². The number of nitrogens with zero attached hydrogens (tertiary/aromatic N) is 2. The number of nitrogens with one attached hydrogen (secondary N) is 1. The normalized spacial score (nSPS) is 10.7. The summed E-state index contributed by atoms with van der Waals surface area (Å²) in [6.45, 7) is 8.32. The first-order valence-corrected chi connectivity index (χ1v) is 4.65. The summed E-state index contributed by atoms with van der Waals surface area (Å²) < 4.78 is 1.97. The molecule has 0 saturated heterocycles. The average molecular weight is 183 g/mol. The lowest BCUT2D eigenvalue weighted by molar-refractivity contribution is 0.0448. The molecule has 0 fully saturated rings. The summed E-state index contributed by atoms with van der Waals surface area (Å²) in [5, 5.41) is 4.33. The smallest absolute Gasteiger partial charge is 0.0654 e. The Morgan fingerprint density at radius 3 is 2.92 bits per heavy atom. The quantitative estimate of drug-likeness (QED) is 0.551. The fourth-order valence-corrected chi connectivity index (χ4v) is 1.24. The zero-order chi connectivity index (χ0) is 9.68. The second kappa shape index (κ2) is 4.99. The van der Waals surface area contributed by atoms with Crippen LogP contribution in [0.2, 0.25) is 0 Å². The van der Waals surface area contributed by atoms with Gasteiger partial charge < -0.3 is 4.84 Å². The number of hydrogen-bond donors (Lipinski definition) is 1. The van der Waals surface area contributed by atoms with Crippen molar-refractivity contribution < 1.29 is 4.84 Å². The van der Waals surface area contributed by atoms with Crippen molar-refractivity contribution in [2.75, 3.05) is 6.61 Å². The van der Waals surface area contributed by atoms with Crippen molar-refractivity contribution in [1.82, 2.24) is 15.3 Å². The van der Waals surface area contributed by atoms with Crippen LogP contribution in [0.15, 0.2) is 6.07 Å². The van der Waals surface area contributed by atoms with Gasteiger partial charge in [-0.1, -0.05) is 0 Å².